The van der Waals surface area contributed by atoms with Crippen LogP contribution < -0.4 is 10.2 Å². The van der Waals surface area contributed by atoms with Crippen molar-refractivity contribution in [3.8, 4) is 22.7 Å². The highest BCUT2D eigenvalue weighted by Crippen LogP contribution is 2.27. The third-order valence-corrected chi connectivity index (χ3v) is 7.33. The van der Waals surface area contributed by atoms with Gasteiger partial charge in [0.2, 0.25) is 6.29 Å². The van der Waals surface area contributed by atoms with Gasteiger partial charge < -0.3 is 35.0 Å². The van der Waals surface area contributed by atoms with Crippen LogP contribution in [-0.4, -0.2) is 94.5 Å². The zero-order valence-corrected chi connectivity index (χ0v) is 23.5. The maximum absolute atomic E-state index is 11.3. The van der Waals surface area contributed by atoms with E-state index in [4.69, 9.17) is 20.0 Å². The number of ether oxygens (including phenoxy) is 2. The van der Waals surface area contributed by atoms with Crippen molar-refractivity contribution in [2.75, 3.05) is 6.61 Å². The Morgan fingerprint density at radius 1 is 0.978 bits per heavy atom. The number of hydrogen-bond donors (Lipinski definition) is 6. The van der Waals surface area contributed by atoms with E-state index in [0.717, 1.165) is 5.56 Å². The standard InChI is InChI=1S/C31H28N6O8/c32-28-23-24(18-4-2-1-3-5-18)35-37(20-10-8-19(9-11-20)30(42)43)29(23)33-16-36(28)34-14-17-6-12-21(13-7-17)44-31-27(41)26(40)25(39)22(15-38)45-31/h1-14,16,22,25-27,31-32,38-41H,15H2,(H,42,43)/b32-28?,34-14-. The van der Waals surface area contributed by atoms with Crippen LogP contribution in [0.1, 0.15) is 15.9 Å². The van der Waals surface area contributed by atoms with Gasteiger partial charge in [-0.05, 0) is 54.1 Å². The van der Waals surface area contributed by atoms with Gasteiger partial charge in [-0.1, -0.05) is 30.3 Å². The Labute approximate surface area is 254 Å². The van der Waals surface area contributed by atoms with Crippen molar-refractivity contribution in [3.05, 3.63) is 102 Å². The summed E-state index contributed by atoms with van der Waals surface area (Å²) in [5.74, 6) is -0.747. The molecule has 2 aromatic heterocycles. The molecule has 0 spiro atoms. The Bertz CT molecular complexity index is 1910. The van der Waals surface area contributed by atoms with Gasteiger partial charge in [-0.2, -0.15) is 10.2 Å². The number of rotatable bonds is 8. The van der Waals surface area contributed by atoms with Gasteiger partial charge in [0.05, 0.1) is 29.5 Å². The summed E-state index contributed by atoms with van der Waals surface area (Å²) in [5.41, 5.74) is 3.02. The van der Waals surface area contributed by atoms with Gasteiger partial charge in [-0.15, -0.1) is 0 Å². The van der Waals surface area contributed by atoms with Crippen LogP contribution in [0, 0.1) is 5.41 Å². The lowest BCUT2D eigenvalue weighted by Gasteiger charge is -2.39. The van der Waals surface area contributed by atoms with Crippen molar-refractivity contribution in [1.82, 2.24) is 19.4 Å². The quantitative estimate of drug-likeness (QED) is 0.138. The molecule has 0 aliphatic carbocycles. The van der Waals surface area contributed by atoms with Gasteiger partial charge in [0, 0.05) is 5.56 Å². The molecule has 230 valence electrons. The molecular weight excluding hydrogens is 584 g/mol. The molecule has 0 bridgehead atoms. The highest BCUT2D eigenvalue weighted by Gasteiger charge is 2.44. The second kappa shape index (κ2) is 12.4. The fraction of sp³-hybridized carbons (Fsp3) is 0.194. The van der Waals surface area contributed by atoms with Gasteiger partial charge in [0.25, 0.3) is 0 Å². The maximum atomic E-state index is 11.3. The van der Waals surface area contributed by atoms with E-state index in [1.165, 1.54) is 29.4 Å². The first-order chi connectivity index (χ1) is 21.7. The second-order valence-corrected chi connectivity index (χ2v) is 10.2. The van der Waals surface area contributed by atoms with Crippen LogP contribution in [0.3, 0.4) is 0 Å². The Hall–Kier alpha value is -5.25. The van der Waals surface area contributed by atoms with Crippen LogP contribution in [0.4, 0.5) is 0 Å². The van der Waals surface area contributed by atoms with Crippen LogP contribution in [0.15, 0.2) is 90.3 Å². The third kappa shape index (κ3) is 5.83. The number of nitrogens with one attached hydrogen (secondary N) is 1. The number of carbonyl (C=O) groups is 1. The van der Waals surface area contributed by atoms with Gasteiger partial charge >= 0.3 is 5.97 Å². The van der Waals surface area contributed by atoms with E-state index in [1.54, 1.807) is 41.1 Å². The number of carboxylic acid groups (broad SMARTS) is 1. The van der Waals surface area contributed by atoms with Crippen molar-refractivity contribution in [2.45, 2.75) is 30.7 Å². The summed E-state index contributed by atoms with van der Waals surface area (Å²) in [4.78, 5) is 15.9. The highest BCUT2D eigenvalue weighted by molar-refractivity contribution is 5.91. The summed E-state index contributed by atoms with van der Waals surface area (Å²) >= 11 is 0. The second-order valence-electron chi connectivity index (χ2n) is 10.2. The van der Waals surface area contributed by atoms with E-state index in [9.17, 15) is 30.3 Å². The normalized spacial score (nSPS) is 21.7. The molecule has 1 fully saturated rings. The molecule has 1 aliphatic rings. The zero-order chi connectivity index (χ0) is 31.7. The predicted molar refractivity (Wildman–Crippen MR) is 159 cm³/mol. The number of hydrogen-bond acceptors (Lipinski definition) is 11. The van der Waals surface area contributed by atoms with E-state index in [0.29, 0.717) is 33.7 Å². The molecule has 14 heteroatoms. The van der Waals surface area contributed by atoms with Gasteiger partial charge in [-0.3, -0.25) is 5.41 Å². The first-order valence-electron chi connectivity index (χ1n) is 13.8. The molecule has 0 saturated carbocycles. The molecule has 45 heavy (non-hydrogen) atoms. The summed E-state index contributed by atoms with van der Waals surface area (Å²) in [6, 6.07) is 22.1. The van der Waals surface area contributed by atoms with Crippen molar-refractivity contribution < 1.29 is 39.8 Å². The Balaban J connectivity index is 1.29. The van der Waals surface area contributed by atoms with Gasteiger partial charge in [0.15, 0.2) is 11.1 Å². The van der Waals surface area contributed by atoms with Gasteiger partial charge in [0.1, 0.15) is 42.2 Å². The number of benzene rings is 3. The summed E-state index contributed by atoms with van der Waals surface area (Å²) in [7, 11) is 0. The molecule has 6 rings (SSSR count). The first-order valence-corrected chi connectivity index (χ1v) is 13.8. The summed E-state index contributed by atoms with van der Waals surface area (Å²) in [6.45, 7) is -0.565. The van der Waals surface area contributed by atoms with Gasteiger partial charge in [-0.25, -0.2) is 19.1 Å². The van der Waals surface area contributed by atoms with Crippen molar-refractivity contribution in [2.24, 2.45) is 5.10 Å². The Morgan fingerprint density at radius 3 is 2.36 bits per heavy atom. The number of aliphatic hydroxyl groups excluding tert-OH is 4. The van der Waals surface area contributed by atoms with Crippen LogP contribution >= 0.6 is 0 Å². The minimum absolute atomic E-state index is 0.0195. The van der Waals surface area contributed by atoms with Crippen LogP contribution in [0.2, 0.25) is 0 Å². The third-order valence-electron chi connectivity index (χ3n) is 7.33. The van der Waals surface area contributed by atoms with Crippen LogP contribution in [-0.2, 0) is 4.74 Å². The SMILES string of the molecule is N=c1c2c(-c3ccccc3)nn(-c3ccc(C(=O)O)cc3)c2ncn1/N=C\c1ccc(OC2OC(CO)C(O)C(O)C2O)cc1. The highest BCUT2D eigenvalue weighted by atomic mass is 16.7. The lowest BCUT2D eigenvalue weighted by Crippen LogP contribution is -2.60. The largest absolute Gasteiger partial charge is 0.478 e. The Morgan fingerprint density at radius 2 is 1.69 bits per heavy atom. The number of fused-ring (bicyclic) bond motifs is 1. The van der Waals surface area contributed by atoms with E-state index in [1.807, 2.05) is 30.3 Å². The van der Waals surface area contributed by atoms with E-state index in [2.05, 4.69) is 10.1 Å². The predicted octanol–water partition coefficient (Wildman–Crippen LogP) is 1.13. The monoisotopic (exact) mass is 612 g/mol. The van der Waals surface area contributed by atoms with E-state index >= 15 is 0 Å². The number of aromatic nitrogens is 4. The number of aromatic carboxylic acids is 1. The fourth-order valence-electron chi connectivity index (χ4n) is 4.90. The summed E-state index contributed by atoms with van der Waals surface area (Å²) < 4.78 is 13.9. The molecule has 14 nitrogen and oxygen atoms in total. The minimum Gasteiger partial charge on any atom is -0.478 e. The molecule has 3 aromatic carbocycles. The van der Waals surface area contributed by atoms with Crippen molar-refractivity contribution in [3.63, 3.8) is 0 Å². The number of nitrogens with zero attached hydrogens (tertiary/aromatic N) is 5. The minimum atomic E-state index is -1.55. The summed E-state index contributed by atoms with van der Waals surface area (Å²) in [6.07, 6.45) is -4.08. The zero-order valence-electron chi connectivity index (χ0n) is 23.5. The first kappa shape index (κ1) is 29.8. The van der Waals surface area contributed by atoms with E-state index in [-0.39, 0.29) is 11.1 Å². The summed E-state index contributed by atoms with van der Waals surface area (Å²) in [5, 5.41) is 67.4. The molecule has 5 atom stereocenters. The average molecular weight is 613 g/mol. The molecule has 1 aliphatic heterocycles. The molecule has 3 heterocycles. The molecule has 0 radical (unpaired) electrons. The average Bonchev–Trinajstić information content (AvgIpc) is 3.46. The van der Waals surface area contributed by atoms with Crippen LogP contribution in [0.25, 0.3) is 28.0 Å². The topological polar surface area (TPSA) is 209 Å². The maximum Gasteiger partial charge on any atom is 0.335 e. The van der Waals surface area contributed by atoms with Crippen molar-refractivity contribution in [1.29, 1.82) is 5.41 Å². The van der Waals surface area contributed by atoms with Crippen LogP contribution in [0.5, 0.6) is 5.75 Å². The molecule has 5 unspecified atom stereocenters. The number of aliphatic hydroxyl groups is 4. The molecule has 6 N–H and O–H groups in total. The smallest absolute Gasteiger partial charge is 0.335 e. The number of carboxylic acids is 1. The molecule has 1 saturated heterocycles. The molecule has 5 aromatic rings. The molecule has 0 amide bonds. The fourth-order valence-corrected chi connectivity index (χ4v) is 4.90. The lowest BCUT2D eigenvalue weighted by atomic mass is 9.99. The van der Waals surface area contributed by atoms with Crippen molar-refractivity contribution >= 4 is 23.2 Å². The van der Waals surface area contributed by atoms with E-state index < -0.39 is 43.3 Å². The molecular formula is C31H28N6O8. The lowest BCUT2D eigenvalue weighted by molar-refractivity contribution is -0.277. The Kier molecular flexibility index (Phi) is 8.21.